The van der Waals surface area contributed by atoms with E-state index < -0.39 is 0 Å². The average Bonchev–Trinajstić information content (AvgIpc) is 2.56. The van der Waals surface area contributed by atoms with E-state index in [-0.39, 0.29) is 0 Å². The van der Waals surface area contributed by atoms with Gasteiger partial charge in [0.1, 0.15) is 0 Å². The first-order valence-corrected chi connectivity index (χ1v) is 5.56. The van der Waals surface area contributed by atoms with Crippen molar-refractivity contribution < 1.29 is 0 Å². The highest BCUT2D eigenvalue weighted by atomic mass is 14.9. The summed E-state index contributed by atoms with van der Waals surface area (Å²) < 4.78 is 2.26. The Bertz CT molecular complexity index is 424. The SMILES string of the molecule is CC(C)c1cc(C(C)C)n2ccncc12. The molecule has 0 atom stereocenters. The van der Waals surface area contributed by atoms with E-state index >= 15 is 0 Å². The summed E-state index contributed by atoms with van der Waals surface area (Å²) in [4.78, 5) is 4.21. The highest BCUT2D eigenvalue weighted by Crippen LogP contribution is 2.27. The monoisotopic (exact) mass is 202 g/mol. The molecule has 0 unspecified atom stereocenters. The van der Waals surface area contributed by atoms with Gasteiger partial charge in [0.25, 0.3) is 0 Å². The Balaban J connectivity index is 2.73. The van der Waals surface area contributed by atoms with Crippen molar-refractivity contribution in [3.8, 4) is 0 Å². The molecule has 2 nitrogen and oxygen atoms in total. The lowest BCUT2D eigenvalue weighted by Gasteiger charge is -2.04. The molecule has 2 aromatic rings. The predicted octanol–water partition coefficient (Wildman–Crippen LogP) is 3.58. The summed E-state index contributed by atoms with van der Waals surface area (Å²) in [7, 11) is 0. The fraction of sp³-hybridized carbons (Fsp3) is 0.462. The molecule has 0 radical (unpaired) electrons. The van der Waals surface area contributed by atoms with Crippen LogP contribution in [0, 0.1) is 0 Å². The Labute approximate surface area is 91.0 Å². The van der Waals surface area contributed by atoms with E-state index in [9.17, 15) is 0 Å². The zero-order valence-electron chi connectivity index (χ0n) is 9.86. The predicted molar refractivity (Wildman–Crippen MR) is 63.4 cm³/mol. The minimum absolute atomic E-state index is 0.549. The fourth-order valence-corrected chi connectivity index (χ4v) is 2.01. The lowest BCUT2D eigenvalue weighted by atomic mass is 10.0. The number of hydrogen-bond acceptors (Lipinski definition) is 1. The van der Waals surface area contributed by atoms with Crippen molar-refractivity contribution in [1.29, 1.82) is 0 Å². The third-order valence-electron chi connectivity index (χ3n) is 2.85. The maximum atomic E-state index is 4.21. The second kappa shape index (κ2) is 3.69. The van der Waals surface area contributed by atoms with Crippen LogP contribution >= 0.6 is 0 Å². The number of nitrogens with zero attached hydrogens (tertiary/aromatic N) is 2. The van der Waals surface area contributed by atoms with Gasteiger partial charge in [-0.1, -0.05) is 27.7 Å². The molecular formula is C13H18N2. The summed E-state index contributed by atoms with van der Waals surface area (Å²) in [6.45, 7) is 8.91. The van der Waals surface area contributed by atoms with Gasteiger partial charge in [0.05, 0.1) is 11.7 Å². The van der Waals surface area contributed by atoms with Gasteiger partial charge in [-0.2, -0.15) is 0 Å². The van der Waals surface area contributed by atoms with Crippen LogP contribution in [0.5, 0.6) is 0 Å². The van der Waals surface area contributed by atoms with Gasteiger partial charge in [-0.25, -0.2) is 0 Å². The average molecular weight is 202 g/mol. The maximum Gasteiger partial charge on any atom is 0.0671 e. The van der Waals surface area contributed by atoms with Crippen LogP contribution in [0.3, 0.4) is 0 Å². The Hall–Kier alpha value is -1.31. The standard InChI is InChI=1S/C13H18N2/c1-9(2)11-7-12(10(3)4)15-6-5-14-8-13(11)15/h5-10H,1-4H3. The molecule has 80 valence electrons. The molecule has 0 bridgehead atoms. The molecule has 0 N–H and O–H groups in total. The third kappa shape index (κ3) is 1.65. The largest absolute Gasteiger partial charge is 0.317 e. The van der Waals surface area contributed by atoms with Crippen molar-refractivity contribution >= 4 is 5.52 Å². The third-order valence-corrected chi connectivity index (χ3v) is 2.85. The maximum absolute atomic E-state index is 4.21. The first-order chi connectivity index (χ1) is 7.11. The molecule has 0 spiro atoms. The minimum atomic E-state index is 0.549. The van der Waals surface area contributed by atoms with Crippen LogP contribution in [0.1, 0.15) is 50.8 Å². The summed E-state index contributed by atoms with van der Waals surface area (Å²) in [5, 5.41) is 0. The zero-order valence-corrected chi connectivity index (χ0v) is 9.86. The quantitative estimate of drug-likeness (QED) is 0.727. The van der Waals surface area contributed by atoms with E-state index in [0.717, 1.165) is 0 Å². The van der Waals surface area contributed by atoms with Crippen molar-refractivity contribution in [2.24, 2.45) is 0 Å². The summed E-state index contributed by atoms with van der Waals surface area (Å²) in [5.74, 6) is 1.10. The molecule has 0 saturated carbocycles. The molecule has 2 heterocycles. The number of hydrogen-bond donors (Lipinski definition) is 0. The summed E-state index contributed by atoms with van der Waals surface area (Å²) in [5.41, 5.74) is 4.01. The Kier molecular flexibility index (Phi) is 2.51. The molecule has 0 saturated heterocycles. The highest BCUT2D eigenvalue weighted by molar-refractivity contribution is 5.57. The highest BCUT2D eigenvalue weighted by Gasteiger charge is 2.13. The smallest absolute Gasteiger partial charge is 0.0671 e. The number of rotatable bonds is 2. The molecule has 0 aliphatic heterocycles. The van der Waals surface area contributed by atoms with Crippen molar-refractivity contribution in [2.75, 3.05) is 0 Å². The molecule has 0 aliphatic rings. The van der Waals surface area contributed by atoms with Crippen LogP contribution in [0.2, 0.25) is 0 Å². The fourth-order valence-electron chi connectivity index (χ4n) is 2.01. The summed E-state index contributed by atoms with van der Waals surface area (Å²) in [6.07, 6.45) is 5.86. The van der Waals surface area contributed by atoms with Gasteiger partial charge in [-0.15, -0.1) is 0 Å². The van der Waals surface area contributed by atoms with Gasteiger partial charge >= 0.3 is 0 Å². The molecule has 0 aliphatic carbocycles. The number of aromatic nitrogens is 2. The Morgan fingerprint density at radius 1 is 1.13 bits per heavy atom. The van der Waals surface area contributed by atoms with Crippen molar-refractivity contribution in [1.82, 2.24) is 9.38 Å². The zero-order chi connectivity index (χ0) is 11.0. The van der Waals surface area contributed by atoms with Crippen molar-refractivity contribution in [3.05, 3.63) is 35.9 Å². The van der Waals surface area contributed by atoms with E-state index in [1.807, 2.05) is 12.4 Å². The van der Waals surface area contributed by atoms with Gasteiger partial charge in [0.15, 0.2) is 0 Å². The van der Waals surface area contributed by atoms with Crippen LogP contribution in [-0.4, -0.2) is 9.38 Å². The van der Waals surface area contributed by atoms with Crippen LogP contribution in [0.4, 0.5) is 0 Å². The lowest BCUT2D eigenvalue weighted by molar-refractivity contribution is 0.806. The summed E-state index contributed by atoms with van der Waals surface area (Å²) in [6, 6.07) is 2.31. The van der Waals surface area contributed by atoms with Gasteiger partial charge in [-0.05, 0) is 23.5 Å². The first kappa shape index (κ1) is 10.2. The van der Waals surface area contributed by atoms with E-state index in [1.165, 1.54) is 16.8 Å². The normalized spacial score (nSPS) is 11.9. The van der Waals surface area contributed by atoms with Crippen molar-refractivity contribution in [2.45, 2.75) is 39.5 Å². The number of fused-ring (bicyclic) bond motifs is 1. The van der Waals surface area contributed by atoms with Gasteiger partial charge < -0.3 is 4.40 Å². The van der Waals surface area contributed by atoms with E-state index in [0.29, 0.717) is 11.8 Å². The molecule has 2 aromatic heterocycles. The van der Waals surface area contributed by atoms with Gasteiger partial charge in [0, 0.05) is 18.1 Å². The molecular weight excluding hydrogens is 184 g/mol. The molecule has 0 aromatic carbocycles. The van der Waals surface area contributed by atoms with Crippen molar-refractivity contribution in [3.63, 3.8) is 0 Å². The van der Waals surface area contributed by atoms with Crippen LogP contribution in [0.25, 0.3) is 5.52 Å². The van der Waals surface area contributed by atoms with E-state index in [1.54, 1.807) is 0 Å². The summed E-state index contributed by atoms with van der Waals surface area (Å²) >= 11 is 0. The van der Waals surface area contributed by atoms with E-state index in [2.05, 4.69) is 49.3 Å². The lowest BCUT2D eigenvalue weighted by Crippen LogP contribution is -1.94. The molecule has 2 rings (SSSR count). The Morgan fingerprint density at radius 2 is 1.87 bits per heavy atom. The molecule has 0 amide bonds. The van der Waals surface area contributed by atoms with Crippen LogP contribution in [0.15, 0.2) is 24.7 Å². The molecule has 15 heavy (non-hydrogen) atoms. The first-order valence-electron chi connectivity index (χ1n) is 5.56. The van der Waals surface area contributed by atoms with Gasteiger partial charge in [0.2, 0.25) is 0 Å². The second-order valence-electron chi connectivity index (χ2n) is 4.67. The topological polar surface area (TPSA) is 17.3 Å². The molecule has 2 heteroatoms. The molecule has 0 fully saturated rings. The van der Waals surface area contributed by atoms with Crippen LogP contribution < -0.4 is 0 Å². The van der Waals surface area contributed by atoms with Gasteiger partial charge in [-0.3, -0.25) is 4.98 Å². The van der Waals surface area contributed by atoms with Crippen LogP contribution in [-0.2, 0) is 0 Å². The minimum Gasteiger partial charge on any atom is -0.317 e. The van der Waals surface area contributed by atoms with E-state index in [4.69, 9.17) is 0 Å². The second-order valence-corrected chi connectivity index (χ2v) is 4.67. The Morgan fingerprint density at radius 3 is 2.47 bits per heavy atom.